The van der Waals surface area contributed by atoms with Crippen LogP contribution in [0, 0.1) is 35.5 Å². The molecule has 1 aromatic rings. The smallest absolute Gasteiger partial charge is 0.251 e. The van der Waals surface area contributed by atoms with Crippen molar-refractivity contribution in [1.82, 2.24) is 16.0 Å². The predicted molar refractivity (Wildman–Crippen MR) is 240 cm³/mol. The van der Waals surface area contributed by atoms with Gasteiger partial charge in [0.1, 0.15) is 0 Å². The number of hydrogen-bond donors (Lipinski definition) is 3. The van der Waals surface area contributed by atoms with Crippen molar-refractivity contribution >= 4 is 17.7 Å². The Morgan fingerprint density at radius 3 is 0.895 bits per heavy atom. The van der Waals surface area contributed by atoms with Gasteiger partial charge in [0.25, 0.3) is 17.7 Å². The number of benzene rings is 1. The second-order valence-electron chi connectivity index (χ2n) is 19.3. The summed E-state index contributed by atoms with van der Waals surface area (Å²) < 4.78 is 0. The molecule has 0 saturated heterocycles. The quantitative estimate of drug-likeness (QED) is 0.0975. The average molecular weight is 790 g/mol. The molecule has 0 aliphatic heterocycles. The lowest BCUT2D eigenvalue weighted by Gasteiger charge is -2.32. The highest BCUT2D eigenvalue weighted by Gasteiger charge is 2.29. The Labute approximate surface area is 350 Å². The normalized spacial score (nSPS) is 25.6. The fraction of sp³-hybridized carbons (Fsp3) is 0.824. The van der Waals surface area contributed by atoms with E-state index >= 15 is 0 Å². The largest absolute Gasteiger partial charge is 0.349 e. The van der Waals surface area contributed by atoms with Crippen molar-refractivity contribution in [2.45, 2.75) is 233 Å². The monoisotopic (exact) mass is 790 g/mol. The maximum Gasteiger partial charge on any atom is 0.251 e. The Morgan fingerprint density at radius 2 is 0.684 bits per heavy atom. The first kappa shape index (κ1) is 47.3. The molecule has 1 aromatic carbocycles. The van der Waals surface area contributed by atoms with Crippen molar-refractivity contribution in [3.63, 3.8) is 0 Å². The van der Waals surface area contributed by atoms with Gasteiger partial charge in [0, 0.05) is 34.8 Å². The predicted octanol–water partition coefficient (Wildman–Crippen LogP) is 13.4. The molecule has 57 heavy (non-hydrogen) atoms. The highest BCUT2D eigenvalue weighted by molar-refractivity contribution is 6.04. The fourth-order valence-electron chi connectivity index (χ4n) is 10.8. The Kier molecular flexibility index (Phi) is 21.6. The van der Waals surface area contributed by atoms with Crippen LogP contribution in [-0.2, 0) is 0 Å². The average Bonchev–Trinajstić information content (AvgIpc) is 3.24. The maximum absolute atomic E-state index is 13.9. The molecule has 0 spiro atoms. The van der Waals surface area contributed by atoms with Gasteiger partial charge in [0.2, 0.25) is 0 Å². The molecule has 3 unspecified atom stereocenters. The Morgan fingerprint density at radius 1 is 0.439 bits per heavy atom. The van der Waals surface area contributed by atoms with Crippen LogP contribution in [0.15, 0.2) is 18.2 Å². The molecule has 6 heteroatoms. The molecule has 6 nitrogen and oxygen atoms in total. The number of unbranched alkanes of at least 4 members (excludes halogenated alkanes) is 3. The van der Waals surface area contributed by atoms with Gasteiger partial charge in [-0.05, 0) is 150 Å². The summed E-state index contributed by atoms with van der Waals surface area (Å²) in [6.07, 6.45) is 32.4. The van der Waals surface area contributed by atoms with Crippen molar-refractivity contribution in [2.24, 2.45) is 35.5 Å². The number of carbonyl (C=O) groups excluding carboxylic acids is 3. The van der Waals surface area contributed by atoms with Gasteiger partial charge in [-0.2, -0.15) is 0 Å². The number of amides is 3. The molecule has 324 valence electrons. The molecule has 0 radical (unpaired) electrons. The van der Waals surface area contributed by atoms with Gasteiger partial charge in [-0.1, -0.05) is 119 Å². The lowest BCUT2D eigenvalue weighted by molar-refractivity contribution is 0.0918. The minimum absolute atomic E-state index is 0.133. The third-order valence-corrected chi connectivity index (χ3v) is 14.9. The minimum Gasteiger partial charge on any atom is -0.349 e. The summed E-state index contributed by atoms with van der Waals surface area (Å²) in [4.78, 5) is 41.8. The minimum atomic E-state index is -0.167. The summed E-state index contributed by atoms with van der Waals surface area (Å²) in [6, 6.07) is 5.58. The van der Waals surface area contributed by atoms with E-state index in [2.05, 4.69) is 57.5 Å². The van der Waals surface area contributed by atoms with Crippen LogP contribution < -0.4 is 16.0 Å². The summed E-state index contributed by atoms with van der Waals surface area (Å²) in [5, 5.41) is 9.98. The summed E-state index contributed by atoms with van der Waals surface area (Å²) in [7, 11) is 0. The van der Waals surface area contributed by atoms with Gasteiger partial charge < -0.3 is 16.0 Å². The third kappa shape index (κ3) is 16.3. The molecule has 3 aliphatic carbocycles. The van der Waals surface area contributed by atoms with Crippen molar-refractivity contribution in [1.29, 1.82) is 0 Å². The summed E-state index contributed by atoms with van der Waals surface area (Å²) in [5.41, 5.74) is 1.26. The number of carbonyl (C=O) groups is 3. The summed E-state index contributed by atoms with van der Waals surface area (Å²) >= 11 is 0. The molecule has 0 heterocycles. The number of rotatable bonds is 24. The van der Waals surface area contributed by atoms with Gasteiger partial charge in [-0.3, -0.25) is 14.4 Å². The highest BCUT2D eigenvalue weighted by atomic mass is 16.2. The van der Waals surface area contributed by atoms with Gasteiger partial charge in [-0.15, -0.1) is 0 Å². The standard InChI is InChI=1S/C51H87N3O3/c1-7-13-16-37(10-4)31-40-19-25-46(26-20-40)52-49(55)43-34-44(50(56)53-47-27-21-41(22-28-47)32-38(11-5)17-14-8-2)36-45(35-43)51(57)54-48-29-23-42(24-30-48)33-39(12-6)18-15-9-3/h34-42,46-48H,7-33H2,1-6H3,(H,52,55)(H,53,56)(H,54,57). The molecule has 4 rings (SSSR count). The third-order valence-electron chi connectivity index (χ3n) is 14.9. The van der Waals surface area contributed by atoms with Crippen molar-refractivity contribution in [3.8, 4) is 0 Å². The van der Waals surface area contributed by atoms with E-state index in [9.17, 15) is 14.4 Å². The molecule has 0 aromatic heterocycles. The van der Waals surface area contributed by atoms with Crippen molar-refractivity contribution in [3.05, 3.63) is 34.9 Å². The van der Waals surface area contributed by atoms with E-state index in [1.54, 1.807) is 18.2 Å². The molecule has 0 bridgehead atoms. The number of nitrogens with one attached hydrogen (secondary N) is 3. The molecular formula is C51H87N3O3. The van der Waals surface area contributed by atoms with E-state index in [1.165, 1.54) is 96.3 Å². The second kappa shape index (κ2) is 26.0. The number of hydrogen-bond acceptors (Lipinski definition) is 3. The van der Waals surface area contributed by atoms with E-state index in [4.69, 9.17) is 0 Å². The van der Waals surface area contributed by atoms with Crippen LogP contribution in [0.25, 0.3) is 0 Å². The first-order valence-corrected chi connectivity index (χ1v) is 24.8. The fourth-order valence-corrected chi connectivity index (χ4v) is 10.8. The van der Waals surface area contributed by atoms with Crippen LogP contribution >= 0.6 is 0 Å². The highest BCUT2D eigenvalue weighted by Crippen LogP contribution is 2.35. The van der Waals surface area contributed by atoms with E-state index in [0.717, 1.165) is 113 Å². The van der Waals surface area contributed by atoms with Crippen LogP contribution in [0.5, 0.6) is 0 Å². The van der Waals surface area contributed by atoms with E-state index in [0.29, 0.717) is 16.7 Å². The lowest BCUT2D eigenvalue weighted by atomic mass is 9.79. The van der Waals surface area contributed by atoms with E-state index in [-0.39, 0.29) is 35.8 Å². The topological polar surface area (TPSA) is 87.3 Å². The molecular weight excluding hydrogens is 703 g/mol. The molecule has 3 amide bonds. The van der Waals surface area contributed by atoms with Crippen molar-refractivity contribution in [2.75, 3.05) is 0 Å². The van der Waals surface area contributed by atoms with E-state index < -0.39 is 0 Å². The molecule has 3 saturated carbocycles. The Balaban J connectivity index is 1.39. The van der Waals surface area contributed by atoms with Crippen LogP contribution in [-0.4, -0.2) is 35.8 Å². The van der Waals surface area contributed by atoms with Crippen LogP contribution in [0.3, 0.4) is 0 Å². The lowest BCUT2D eigenvalue weighted by Crippen LogP contribution is -2.40. The van der Waals surface area contributed by atoms with Gasteiger partial charge in [0.05, 0.1) is 0 Å². The first-order chi connectivity index (χ1) is 27.7. The second-order valence-corrected chi connectivity index (χ2v) is 19.3. The maximum atomic E-state index is 13.9. The van der Waals surface area contributed by atoms with Crippen molar-refractivity contribution < 1.29 is 14.4 Å². The zero-order valence-corrected chi connectivity index (χ0v) is 37.7. The van der Waals surface area contributed by atoms with Crippen LogP contribution in [0.4, 0.5) is 0 Å². The molecule has 3 N–H and O–H groups in total. The van der Waals surface area contributed by atoms with Gasteiger partial charge >= 0.3 is 0 Å². The van der Waals surface area contributed by atoms with Crippen LogP contribution in [0.2, 0.25) is 0 Å². The van der Waals surface area contributed by atoms with E-state index in [1.807, 2.05) is 0 Å². The Hall–Kier alpha value is -2.37. The zero-order chi connectivity index (χ0) is 41.0. The SMILES string of the molecule is CCCCC(CC)CC1CCC(NC(=O)c2cc(C(=O)NC3CCC(CC(CC)CCCC)CC3)cc(C(=O)NC3CCC(CC(CC)CCCC)CC3)c2)CC1. The molecule has 3 aliphatic rings. The van der Waals surface area contributed by atoms with Gasteiger partial charge in [-0.25, -0.2) is 0 Å². The zero-order valence-electron chi connectivity index (χ0n) is 37.7. The van der Waals surface area contributed by atoms with Crippen LogP contribution in [0.1, 0.15) is 246 Å². The summed E-state index contributed by atoms with van der Waals surface area (Å²) in [5.74, 6) is 4.19. The first-order valence-electron chi connectivity index (χ1n) is 24.8. The summed E-state index contributed by atoms with van der Waals surface area (Å²) in [6.45, 7) is 13.8. The van der Waals surface area contributed by atoms with Gasteiger partial charge in [0.15, 0.2) is 0 Å². The molecule has 3 atom stereocenters. The Bertz CT molecular complexity index is 1140. The molecule has 3 fully saturated rings.